The first-order chi connectivity index (χ1) is 10.6. The summed E-state index contributed by atoms with van der Waals surface area (Å²) in [6.07, 6.45) is 7.56. The van der Waals surface area contributed by atoms with Gasteiger partial charge in [-0.1, -0.05) is 24.4 Å². The summed E-state index contributed by atoms with van der Waals surface area (Å²) in [5.74, 6) is 0.753. The minimum atomic E-state index is -0.0988. The minimum Gasteiger partial charge on any atom is -0.378 e. The van der Waals surface area contributed by atoms with Crippen molar-refractivity contribution in [2.45, 2.75) is 58.1 Å². The van der Waals surface area contributed by atoms with Crippen LogP contribution in [0.3, 0.4) is 0 Å². The van der Waals surface area contributed by atoms with Gasteiger partial charge in [0.05, 0.1) is 12.6 Å². The van der Waals surface area contributed by atoms with Gasteiger partial charge in [-0.3, -0.25) is 0 Å². The third kappa shape index (κ3) is 5.67. The Morgan fingerprint density at radius 2 is 2.23 bits per heavy atom. The zero-order chi connectivity index (χ0) is 15.8. The van der Waals surface area contributed by atoms with Crippen molar-refractivity contribution in [3.05, 3.63) is 17.5 Å². The van der Waals surface area contributed by atoms with Gasteiger partial charge in [0, 0.05) is 26.3 Å². The molecule has 1 aliphatic carbocycles. The second kappa shape index (κ2) is 8.78. The van der Waals surface area contributed by atoms with Crippen molar-refractivity contribution in [1.29, 1.82) is 0 Å². The standard InChI is InChI=1S/C16H27N3O3/c1-13-11-14(18-22-13)12-19(2)16(20)17-9-6-10-21-15-7-4-3-5-8-15/h11,15H,3-10,12H2,1-2H3,(H,17,20). The van der Waals surface area contributed by atoms with Gasteiger partial charge in [0.25, 0.3) is 0 Å². The van der Waals surface area contributed by atoms with E-state index in [4.69, 9.17) is 9.26 Å². The van der Waals surface area contributed by atoms with Gasteiger partial charge in [0.1, 0.15) is 11.5 Å². The molecule has 1 aliphatic rings. The number of aryl methyl sites for hydroxylation is 1. The first kappa shape index (κ1) is 16.8. The summed E-state index contributed by atoms with van der Waals surface area (Å²) < 4.78 is 10.8. The van der Waals surface area contributed by atoms with Gasteiger partial charge in [-0.2, -0.15) is 0 Å². The summed E-state index contributed by atoms with van der Waals surface area (Å²) in [6.45, 7) is 3.63. The molecule has 0 aliphatic heterocycles. The summed E-state index contributed by atoms with van der Waals surface area (Å²) in [6, 6.07) is 1.74. The molecule has 22 heavy (non-hydrogen) atoms. The molecule has 0 saturated heterocycles. The van der Waals surface area contributed by atoms with Crippen LogP contribution >= 0.6 is 0 Å². The third-order valence-corrected chi connectivity index (χ3v) is 3.93. The molecule has 0 atom stereocenters. The van der Waals surface area contributed by atoms with Crippen molar-refractivity contribution in [3.8, 4) is 0 Å². The Morgan fingerprint density at radius 1 is 1.45 bits per heavy atom. The van der Waals surface area contributed by atoms with Crippen LogP contribution in [0.4, 0.5) is 4.79 Å². The zero-order valence-corrected chi connectivity index (χ0v) is 13.6. The van der Waals surface area contributed by atoms with E-state index in [1.54, 1.807) is 11.9 Å². The van der Waals surface area contributed by atoms with Crippen LogP contribution < -0.4 is 5.32 Å². The molecule has 2 amide bonds. The summed E-state index contributed by atoms with van der Waals surface area (Å²) in [5.41, 5.74) is 0.760. The smallest absolute Gasteiger partial charge is 0.317 e. The van der Waals surface area contributed by atoms with Crippen molar-refractivity contribution < 1.29 is 14.1 Å². The number of carbonyl (C=O) groups excluding carboxylic acids is 1. The Kier molecular flexibility index (Phi) is 6.71. The second-order valence-corrected chi connectivity index (χ2v) is 6.00. The predicted octanol–water partition coefficient (Wildman–Crippen LogP) is 2.86. The van der Waals surface area contributed by atoms with Gasteiger partial charge in [0.2, 0.25) is 0 Å². The van der Waals surface area contributed by atoms with Gasteiger partial charge in [-0.05, 0) is 26.2 Å². The van der Waals surface area contributed by atoms with E-state index in [0.29, 0.717) is 19.2 Å². The van der Waals surface area contributed by atoms with Crippen LogP contribution in [0.1, 0.15) is 50.0 Å². The molecule has 1 heterocycles. The summed E-state index contributed by atoms with van der Waals surface area (Å²) in [7, 11) is 1.75. The lowest BCUT2D eigenvalue weighted by atomic mass is 9.98. The number of hydrogen-bond donors (Lipinski definition) is 1. The monoisotopic (exact) mass is 309 g/mol. The van der Waals surface area contributed by atoms with E-state index in [1.165, 1.54) is 32.1 Å². The van der Waals surface area contributed by atoms with Crippen LogP contribution in [0.25, 0.3) is 0 Å². The van der Waals surface area contributed by atoms with E-state index in [2.05, 4.69) is 10.5 Å². The number of hydrogen-bond acceptors (Lipinski definition) is 4. The number of urea groups is 1. The first-order valence-corrected chi connectivity index (χ1v) is 8.18. The maximum absolute atomic E-state index is 11.9. The number of ether oxygens (including phenoxy) is 1. The molecule has 1 fully saturated rings. The Bertz CT molecular complexity index is 455. The highest BCUT2D eigenvalue weighted by atomic mass is 16.5. The van der Waals surface area contributed by atoms with Crippen LogP contribution in [-0.2, 0) is 11.3 Å². The van der Waals surface area contributed by atoms with Crippen molar-refractivity contribution in [2.75, 3.05) is 20.2 Å². The van der Waals surface area contributed by atoms with Gasteiger partial charge >= 0.3 is 6.03 Å². The molecule has 2 rings (SSSR count). The fourth-order valence-corrected chi connectivity index (χ4v) is 2.69. The van der Waals surface area contributed by atoms with Gasteiger partial charge in [0.15, 0.2) is 0 Å². The predicted molar refractivity (Wildman–Crippen MR) is 83.5 cm³/mol. The molecule has 1 aromatic heterocycles. The van der Waals surface area contributed by atoms with E-state index in [-0.39, 0.29) is 6.03 Å². The molecule has 1 aromatic rings. The Hall–Kier alpha value is -1.56. The fourth-order valence-electron chi connectivity index (χ4n) is 2.69. The van der Waals surface area contributed by atoms with Crippen LogP contribution in [0.15, 0.2) is 10.6 Å². The minimum absolute atomic E-state index is 0.0988. The van der Waals surface area contributed by atoms with Crippen LogP contribution in [0, 0.1) is 6.92 Å². The largest absolute Gasteiger partial charge is 0.378 e. The maximum atomic E-state index is 11.9. The van der Waals surface area contributed by atoms with Gasteiger partial charge in [-0.25, -0.2) is 4.79 Å². The molecular weight excluding hydrogens is 282 g/mol. The molecule has 1 saturated carbocycles. The third-order valence-electron chi connectivity index (χ3n) is 3.93. The fraction of sp³-hybridized carbons (Fsp3) is 0.750. The number of nitrogens with one attached hydrogen (secondary N) is 1. The molecular formula is C16H27N3O3. The van der Waals surface area contributed by atoms with Crippen LogP contribution in [0.5, 0.6) is 0 Å². The number of aromatic nitrogens is 1. The Balaban J connectivity index is 1.54. The summed E-state index contributed by atoms with van der Waals surface area (Å²) in [5, 5.41) is 6.78. The van der Waals surface area contributed by atoms with E-state index in [1.807, 2.05) is 13.0 Å². The number of carbonyl (C=O) groups is 1. The van der Waals surface area contributed by atoms with E-state index < -0.39 is 0 Å². The van der Waals surface area contributed by atoms with E-state index >= 15 is 0 Å². The Labute approximate surface area is 132 Å². The molecule has 6 nitrogen and oxygen atoms in total. The maximum Gasteiger partial charge on any atom is 0.317 e. The summed E-state index contributed by atoms with van der Waals surface area (Å²) in [4.78, 5) is 13.5. The highest BCUT2D eigenvalue weighted by molar-refractivity contribution is 5.73. The van der Waals surface area contributed by atoms with Gasteiger partial charge < -0.3 is 19.5 Å². The SMILES string of the molecule is Cc1cc(CN(C)C(=O)NCCCOC2CCCCC2)no1. The highest BCUT2D eigenvalue weighted by Gasteiger charge is 2.14. The number of rotatable bonds is 7. The molecule has 0 radical (unpaired) electrons. The van der Waals surface area contributed by atoms with Gasteiger partial charge in [-0.15, -0.1) is 0 Å². The second-order valence-electron chi connectivity index (χ2n) is 6.00. The van der Waals surface area contributed by atoms with Crippen LogP contribution in [0.2, 0.25) is 0 Å². The van der Waals surface area contributed by atoms with Crippen molar-refractivity contribution in [2.24, 2.45) is 0 Å². The Morgan fingerprint density at radius 3 is 2.91 bits per heavy atom. The topological polar surface area (TPSA) is 67.6 Å². The summed E-state index contributed by atoms with van der Waals surface area (Å²) >= 11 is 0. The molecule has 1 N–H and O–H groups in total. The normalized spacial score (nSPS) is 15.7. The van der Waals surface area contributed by atoms with E-state index in [0.717, 1.165) is 24.5 Å². The molecule has 0 bridgehead atoms. The first-order valence-electron chi connectivity index (χ1n) is 8.18. The van der Waals surface area contributed by atoms with Crippen molar-refractivity contribution >= 4 is 6.03 Å². The average Bonchev–Trinajstić information content (AvgIpc) is 2.92. The molecule has 0 spiro atoms. The molecule has 0 unspecified atom stereocenters. The highest BCUT2D eigenvalue weighted by Crippen LogP contribution is 2.20. The number of amides is 2. The molecule has 0 aromatic carbocycles. The van der Waals surface area contributed by atoms with E-state index in [9.17, 15) is 4.79 Å². The van der Waals surface area contributed by atoms with Crippen LogP contribution in [-0.4, -0.2) is 42.4 Å². The zero-order valence-electron chi connectivity index (χ0n) is 13.6. The average molecular weight is 309 g/mol. The molecule has 6 heteroatoms. The van der Waals surface area contributed by atoms with Crippen molar-refractivity contribution in [1.82, 2.24) is 15.4 Å². The molecule has 124 valence electrons. The number of nitrogens with zero attached hydrogens (tertiary/aromatic N) is 2. The lowest BCUT2D eigenvalue weighted by molar-refractivity contribution is 0.0275. The quantitative estimate of drug-likeness (QED) is 0.786. The van der Waals surface area contributed by atoms with Crippen molar-refractivity contribution in [3.63, 3.8) is 0 Å². The lowest BCUT2D eigenvalue weighted by Gasteiger charge is -2.22. The lowest BCUT2D eigenvalue weighted by Crippen LogP contribution is -2.37.